The fraction of sp³-hybridized carbons (Fsp3) is 0.739. The van der Waals surface area contributed by atoms with Gasteiger partial charge in [0.25, 0.3) is 0 Å². The van der Waals surface area contributed by atoms with Crippen LogP contribution in [0.3, 0.4) is 0 Å². The number of aromatic nitrogens is 4. The lowest BCUT2D eigenvalue weighted by Crippen LogP contribution is -2.47. The van der Waals surface area contributed by atoms with Crippen LogP contribution in [0.2, 0.25) is 0 Å². The van der Waals surface area contributed by atoms with E-state index in [1.807, 2.05) is 0 Å². The lowest BCUT2D eigenvalue weighted by Gasteiger charge is -2.56. The van der Waals surface area contributed by atoms with Crippen molar-refractivity contribution in [1.82, 2.24) is 19.5 Å². The topological polar surface area (TPSA) is 125 Å². The molecule has 1 aliphatic heterocycles. The monoisotopic (exact) mass is 459 g/mol. The van der Waals surface area contributed by atoms with Crippen molar-refractivity contribution in [2.45, 2.75) is 76.2 Å². The quantitative estimate of drug-likeness (QED) is 0.516. The fourth-order valence-corrected chi connectivity index (χ4v) is 7.39. The maximum absolute atomic E-state index is 13.7. The third-order valence-electron chi connectivity index (χ3n) is 8.47. The number of rotatable bonds is 5. The molecule has 3 heterocycles. The first kappa shape index (κ1) is 21.2. The van der Waals surface area contributed by atoms with Crippen LogP contribution in [-0.2, 0) is 14.3 Å². The number of imidazole rings is 1. The average Bonchev–Trinajstić information content (AvgIpc) is 3.26. The molecule has 1 saturated heterocycles. The summed E-state index contributed by atoms with van der Waals surface area (Å²) in [5.74, 6) is 2.05. The van der Waals surface area contributed by atoms with Gasteiger partial charge in [0.15, 0.2) is 17.0 Å². The summed E-state index contributed by atoms with van der Waals surface area (Å²) in [5, 5.41) is 10.7. The molecule has 5 fully saturated rings. The largest absolute Gasteiger partial charge is 0.462 e. The zero-order chi connectivity index (χ0) is 23.0. The van der Waals surface area contributed by atoms with Gasteiger partial charge in [0.2, 0.25) is 0 Å². The van der Waals surface area contributed by atoms with E-state index in [0.717, 1.165) is 37.0 Å². The highest BCUT2D eigenvalue weighted by Gasteiger charge is 2.52. The van der Waals surface area contributed by atoms with Crippen molar-refractivity contribution in [3.05, 3.63) is 12.4 Å². The number of nitrogens with two attached hydrogens (primary N) is 1. The predicted molar refractivity (Wildman–Crippen MR) is 115 cm³/mol. The zero-order valence-electron chi connectivity index (χ0n) is 18.7. The number of aliphatic hydroxyl groups is 1. The van der Waals surface area contributed by atoms with E-state index in [-0.39, 0.29) is 41.4 Å². The Hall–Kier alpha value is -2.33. The molecule has 0 aromatic carbocycles. The molecule has 2 aromatic rings. The molecular formula is C23H30FN5O4. The van der Waals surface area contributed by atoms with Crippen LogP contribution in [-0.4, -0.2) is 48.9 Å². The first-order chi connectivity index (χ1) is 15.7. The summed E-state index contributed by atoms with van der Waals surface area (Å²) in [5.41, 5.74) is 5.22. The minimum atomic E-state index is -1.09. The van der Waals surface area contributed by atoms with Gasteiger partial charge >= 0.3 is 12.0 Å². The van der Waals surface area contributed by atoms with Gasteiger partial charge in [0, 0.05) is 6.42 Å². The van der Waals surface area contributed by atoms with Gasteiger partial charge in [-0.1, -0.05) is 0 Å². The van der Waals surface area contributed by atoms with Crippen LogP contribution in [0.25, 0.3) is 11.2 Å². The molecule has 0 radical (unpaired) electrons. The van der Waals surface area contributed by atoms with Crippen LogP contribution < -0.4 is 5.73 Å². The summed E-state index contributed by atoms with van der Waals surface area (Å²) in [6.07, 6.45) is 7.05. The number of nitrogens with zero attached hydrogens (tertiary/aromatic N) is 4. The van der Waals surface area contributed by atoms with Crippen molar-refractivity contribution in [1.29, 1.82) is 0 Å². The maximum atomic E-state index is 13.7. The Morgan fingerprint density at radius 3 is 2.58 bits per heavy atom. The summed E-state index contributed by atoms with van der Waals surface area (Å²) in [6, 6.07) is 0. The van der Waals surface area contributed by atoms with Crippen molar-refractivity contribution in [3.8, 4) is 0 Å². The summed E-state index contributed by atoms with van der Waals surface area (Å²) >= 11 is 0. The number of carbonyl (C=O) groups is 1. The lowest BCUT2D eigenvalue weighted by atomic mass is 9.49. The molecule has 33 heavy (non-hydrogen) atoms. The van der Waals surface area contributed by atoms with Gasteiger partial charge in [-0.25, -0.2) is 4.98 Å². The summed E-state index contributed by atoms with van der Waals surface area (Å²) in [7, 11) is 0. The Morgan fingerprint density at radius 2 is 1.91 bits per heavy atom. The summed E-state index contributed by atoms with van der Waals surface area (Å²) in [4.78, 5) is 24.3. The van der Waals surface area contributed by atoms with Crippen LogP contribution in [0.5, 0.6) is 0 Å². The van der Waals surface area contributed by atoms with Gasteiger partial charge in [0.1, 0.15) is 18.4 Å². The van der Waals surface area contributed by atoms with E-state index in [1.165, 1.54) is 30.2 Å². The van der Waals surface area contributed by atoms with Crippen molar-refractivity contribution in [3.63, 3.8) is 0 Å². The van der Waals surface area contributed by atoms with Crippen molar-refractivity contribution < 1.29 is 23.8 Å². The first-order valence-corrected chi connectivity index (χ1v) is 11.9. The smallest absolute Gasteiger partial charge is 0.312 e. The summed E-state index contributed by atoms with van der Waals surface area (Å²) < 4.78 is 27.0. The molecule has 0 amide bonds. The Kier molecular flexibility index (Phi) is 4.72. The molecule has 3 N–H and O–H groups in total. The second-order valence-electron chi connectivity index (χ2n) is 11.1. The van der Waals surface area contributed by atoms with E-state index < -0.39 is 24.0 Å². The highest BCUT2D eigenvalue weighted by Crippen LogP contribution is 2.61. The van der Waals surface area contributed by atoms with E-state index >= 15 is 0 Å². The maximum Gasteiger partial charge on any atom is 0.312 e. The minimum absolute atomic E-state index is 0.0476. The number of halogens is 1. The van der Waals surface area contributed by atoms with Crippen LogP contribution in [0, 0.1) is 29.2 Å². The van der Waals surface area contributed by atoms with Crippen molar-refractivity contribution >= 4 is 23.0 Å². The number of ether oxygens (including phenoxy) is 2. The number of hydrogen-bond acceptors (Lipinski definition) is 8. The van der Waals surface area contributed by atoms with E-state index in [0.29, 0.717) is 6.42 Å². The van der Waals surface area contributed by atoms with Gasteiger partial charge in [-0.3, -0.25) is 9.36 Å². The molecule has 5 aliphatic rings. The second kappa shape index (κ2) is 7.33. The Labute approximate surface area is 190 Å². The lowest BCUT2D eigenvalue weighted by molar-refractivity contribution is -0.168. The first-order valence-electron chi connectivity index (χ1n) is 11.9. The molecule has 3 atom stereocenters. The van der Waals surface area contributed by atoms with E-state index in [9.17, 15) is 14.3 Å². The third kappa shape index (κ3) is 3.58. The van der Waals surface area contributed by atoms with Crippen LogP contribution >= 0.6 is 0 Å². The highest BCUT2D eigenvalue weighted by atomic mass is 19.1. The molecule has 10 heteroatoms. The minimum Gasteiger partial charge on any atom is -0.462 e. The molecule has 4 aliphatic carbocycles. The number of anilines is 1. The van der Waals surface area contributed by atoms with E-state index in [4.69, 9.17) is 15.2 Å². The van der Waals surface area contributed by atoms with E-state index in [2.05, 4.69) is 15.0 Å². The number of nitrogen functional groups attached to an aromatic ring is 1. The van der Waals surface area contributed by atoms with Crippen molar-refractivity contribution in [2.75, 3.05) is 12.3 Å². The zero-order valence-corrected chi connectivity index (χ0v) is 18.7. The molecule has 0 spiro atoms. The average molecular weight is 460 g/mol. The molecule has 178 valence electrons. The standard InChI is InChI=1S/C23H30FN5O4/c1-22(10-32-17(31)9-23-6-12-2-13(7-23)4-14(3-12)8-23)15(30)5-16(33-22)29-11-26-18-19(25)27-21(24)28-20(18)29/h11-16,30H,2-10H2,1H3,(H2,25,27,28)/t12?,13?,14?,15-,16+,22+,23?/m0/s1. The van der Waals surface area contributed by atoms with Gasteiger partial charge in [0.05, 0.1) is 18.9 Å². The molecule has 2 aromatic heterocycles. The van der Waals surface area contributed by atoms with Crippen LogP contribution in [0.1, 0.15) is 64.5 Å². The third-order valence-corrected chi connectivity index (χ3v) is 8.47. The number of esters is 1. The van der Waals surface area contributed by atoms with Crippen molar-refractivity contribution in [2.24, 2.45) is 23.2 Å². The van der Waals surface area contributed by atoms with Gasteiger partial charge in [-0.05, 0) is 68.6 Å². The number of hydrogen-bond donors (Lipinski definition) is 2. The molecule has 4 saturated carbocycles. The van der Waals surface area contributed by atoms with E-state index in [1.54, 1.807) is 6.92 Å². The number of aliphatic hydroxyl groups excluding tert-OH is 1. The van der Waals surface area contributed by atoms with Gasteiger partial charge < -0.3 is 20.3 Å². The molecular weight excluding hydrogens is 429 g/mol. The molecule has 9 nitrogen and oxygen atoms in total. The normalized spacial score (nSPS) is 39.4. The van der Waals surface area contributed by atoms with Crippen LogP contribution in [0.15, 0.2) is 6.33 Å². The van der Waals surface area contributed by atoms with Crippen LogP contribution in [0.4, 0.5) is 10.2 Å². The Bertz CT molecular complexity index is 1070. The molecule has 7 rings (SSSR count). The highest BCUT2D eigenvalue weighted by molar-refractivity contribution is 5.81. The fourth-order valence-electron chi connectivity index (χ4n) is 7.39. The predicted octanol–water partition coefficient (Wildman–Crippen LogP) is 2.74. The molecule has 0 unspecified atom stereocenters. The second-order valence-corrected chi connectivity index (χ2v) is 11.1. The van der Waals surface area contributed by atoms with Gasteiger partial charge in [-0.2, -0.15) is 14.4 Å². The van der Waals surface area contributed by atoms with Gasteiger partial charge in [-0.15, -0.1) is 0 Å². The number of carbonyl (C=O) groups excluding carboxylic acids is 1. The molecule has 4 bridgehead atoms. The Morgan fingerprint density at radius 1 is 1.24 bits per heavy atom. The number of fused-ring (bicyclic) bond motifs is 1. The SMILES string of the molecule is C[C@]1(COC(=O)CC23CC4CC(CC(C4)C2)C3)O[C@@H](n2cnc3c(N)nc(F)nc32)C[C@@H]1O. The Balaban J connectivity index is 1.12. The summed E-state index contributed by atoms with van der Waals surface area (Å²) in [6.45, 7) is 1.67.